The molecule has 100 valence electrons. The predicted molar refractivity (Wildman–Crippen MR) is 79.1 cm³/mol. The zero-order valence-corrected chi connectivity index (χ0v) is 11.4. The summed E-state index contributed by atoms with van der Waals surface area (Å²) in [5.41, 5.74) is 8.44. The Balaban J connectivity index is 1.99. The molecule has 1 atom stereocenters. The minimum Gasteiger partial charge on any atom is -0.489 e. The molecule has 0 saturated heterocycles. The van der Waals surface area contributed by atoms with Gasteiger partial charge in [0.1, 0.15) is 12.4 Å². The summed E-state index contributed by atoms with van der Waals surface area (Å²) in [6.45, 7) is 2.74. The number of benzene rings is 2. The Labute approximate surface area is 115 Å². The first-order chi connectivity index (χ1) is 9.29. The molecule has 0 bridgehead atoms. The summed E-state index contributed by atoms with van der Waals surface area (Å²) in [6.07, 6.45) is 2.10. The first kappa shape index (κ1) is 13.6. The van der Waals surface area contributed by atoms with Gasteiger partial charge < -0.3 is 10.5 Å². The third-order valence-electron chi connectivity index (χ3n) is 3.13. The van der Waals surface area contributed by atoms with Gasteiger partial charge in [0.25, 0.3) is 0 Å². The van der Waals surface area contributed by atoms with Crippen molar-refractivity contribution in [2.24, 2.45) is 5.73 Å². The molecule has 2 rings (SSSR count). The van der Waals surface area contributed by atoms with Crippen LogP contribution in [0.2, 0.25) is 0 Å². The van der Waals surface area contributed by atoms with Crippen molar-refractivity contribution in [2.75, 3.05) is 0 Å². The second kappa shape index (κ2) is 6.95. The first-order valence-electron chi connectivity index (χ1n) is 6.82. The van der Waals surface area contributed by atoms with Crippen LogP contribution in [0.15, 0.2) is 54.6 Å². The molecule has 0 aliphatic rings. The van der Waals surface area contributed by atoms with E-state index >= 15 is 0 Å². The molecular weight excluding hydrogens is 234 g/mol. The summed E-state index contributed by atoms with van der Waals surface area (Å²) in [4.78, 5) is 0. The summed E-state index contributed by atoms with van der Waals surface area (Å²) >= 11 is 0. The van der Waals surface area contributed by atoms with Crippen LogP contribution in [0.5, 0.6) is 5.75 Å². The van der Waals surface area contributed by atoms with E-state index in [2.05, 4.69) is 25.1 Å². The van der Waals surface area contributed by atoms with E-state index in [0.29, 0.717) is 6.61 Å². The second-order valence-electron chi connectivity index (χ2n) is 4.74. The first-order valence-corrected chi connectivity index (χ1v) is 6.82. The number of rotatable bonds is 6. The summed E-state index contributed by atoms with van der Waals surface area (Å²) in [5, 5.41) is 0. The van der Waals surface area contributed by atoms with Crippen LogP contribution in [0.3, 0.4) is 0 Å². The lowest BCUT2D eigenvalue weighted by Crippen LogP contribution is -2.09. The highest BCUT2D eigenvalue weighted by molar-refractivity contribution is 5.30. The zero-order valence-electron chi connectivity index (χ0n) is 11.4. The van der Waals surface area contributed by atoms with Crippen molar-refractivity contribution in [3.63, 3.8) is 0 Å². The van der Waals surface area contributed by atoms with Crippen molar-refractivity contribution in [3.05, 3.63) is 65.7 Å². The van der Waals surface area contributed by atoms with Crippen molar-refractivity contribution in [1.82, 2.24) is 0 Å². The summed E-state index contributed by atoms with van der Waals surface area (Å²) in [7, 11) is 0. The molecule has 2 nitrogen and oxygen atoms in total. The van der Waals surface area contributed by atoms with Crippen molar-refractivity contribution in [2.45, 2.75) is 32.4 Å². The van der Waals surface area contributed by atoms with E-state index in [9.17, 15) is 0 Å². The maximum Gasteiger partial charge on any atom is 0.120 e. The third kappa shape index (κ3) is 4.11. The fourth-order valence-corrected chi connectivity index (χ4v) is 2.05. The molecule has 19 heavy (non-hydrogen) atoms. The molecule has 0 heterocycles. The van der Waals surface area contributed by atoms with Crippen LogP contribution in [-0.4, -0.2) is 0 Å². The van der Waals surface area contributed by atoms with Gasteiger partial charge in [-0.05, 0) is 29.7 Å². The Morgan fingerprint density at radius 2 is 1.84 bits per heavy atom. The lowest BCUT2D eigenvalue weighted by atomic mass is 10.0. The Kier molecular flexibility index (Phi) is 4.99. The van der Waals surface area contributed by atoms with E-state index in [1.165, 1.54) is 5.56 Å². The molecule has 2 N–H and O–H groups in total. The lowest BCUT2D eigenvalue weighted by Gasteiger charge is -2.13. The van der Waals surface area contributed by atoms with Gasteiger partial charge in [-0.3, -0.25) is 0 Å². The molecule has 2 heteroatoms. The number of nitrogens with two attached hydrogens (primary N) is 1. The predicted octanol–water partition coefficient (Wildman–Crippen LogP) is 4.07. The Hall–Kier alpha value is -1.80. The van der Waals surface area contributed by atoms with Crippen LogP contribution in [0.4, 0.5) is 0 Å². The molecular formula is C17H21NO. The van der Waals surface area contributed by atoms with Crippen molar-refractivity contribution < 1.29 is 4.74 Å². The van der Waals surface area contributed by atoms with Gasteiger partial charge in [-0.2, -0.15) is 0 Å². The minimum atomic E-state index is 0.102. The normalized spacial score (nSPS) is 12.1. The molecule has 0 spiro atoms. The van der Waals surface area contributed by atoms with Gasteiger partial charge in [-0.25, -0.2) is 0 Å². The smallest absolute Gasteiger partial charge is 0.120 e. The van der Waals surface area contributed by atoms with E-state index in [1.54, 1.807) is 0 Å². The van der Waals surface area contributed by atoms with Crippen molar-refractivity contribution in [3.8, 4) is 5.75 Å². The topological polar surface area (TPSA) is 35.2 Å². The van der Waals surface area contributed by atoms with Crippen LogP contribution in [0.25, 0.3) is 0 Å². The van der Waals surface area contributed by atoms with E-state index in [4.69, 9.17) is 10.5 Å². The van der Waals surface area contributed by atoms with Gasteiger partial charge in [0.15, 0.2) is 0 Å². The summed E-state index contributed by atoms with van der Waals surface area (Å²) < 4.78 is 5.81. The van der Waals surface area contributed by atoms with Gasteiger partial charge in [-0.15, -0.1) is 0 Å². The molecule has 0 fully saturated rings. The summed E-state index contributed by atoms with van der Waals surface area (Å²) in [5.74, 6) is 0.882. The number of hydrogen-bond acceptors (Lipinski definition) is 2. The highest BCUT2D eigenvalue weighted by Gasteiger charge is 2.05. The van der Waals surface area contributed by atoms with Crippen LogP contribution >= 0.6 is 0 Å². The van der Waals surface area contributed by atoms with E-state index < -0.39 is 0 Å². The standard InChI is InChI=1S/C17H21NO/c1-2-7-17(18)15-10-6-11-16(12-15)19-13-14-8-4-3-5-9-14/h3-6,8-12,17H,2,7,13,18H2,1H3/t17-/m0/s1. The molecule has 0 radical (unpaired) electrons. The monoisotopic (exact) mass is 255 g/mol. The average molecular weight is 255 g/mol. The number of hydrogen-bond donors (Lipinski definition) is 1. The van der Waals surface area contributed by atoms with Crippen molar-refractivity contribution >= 4 is 0 Å². The highest BCUT2D eigenvalue weighted by atomic mass is 16.5. The summed E-state index contributed by atoms with van der Waals surface area (Å²) in [6, 6.07) is 18.4. The maximum absolute atomic E-state index is 6.13. The van der Waals surface area contributed by atoms with Crippen LogP contribution in [0, 0.1) is 0 Å². The molecule has 0 saturated carbocycles. The van der Waals surface area contributed by atoms with E-state index in [1.807, 2.05) is 36.4 Å². The van der Waals surface area contributed by atoms with E-state index in [-0.39, 0.29) is 6.04 Å². The maximum atomic E-state index is 6.13. The Morgan fingerprint density at radius 1 is 1.05 bits per heavy atom. The quantitative estimate of drug-likeness (QED) is 0.844. The fraction of sp³-hybridized carbons (Fsp3) is 0.294. The zero-order chi connectivity index (χ0) is 13.5. The molecule has 0 aliphatic heterocycles. The largest absolute Gasteiger partial charge is 0.489 e. The molecule has 2 aromatic carbocycles. The minimum absolute atomic E-state index is 0.102. The van der Waals surface area contributed by atoms with E-state index in [0.717, 1.165) is 24.2 Å². The van der Waals surface area contributed by atoms with Crippen LogP contribution < -0.4 is 10.5 Å². The van der Waals surface area contributed by atoms with Crippen molar-refractivity contribution in [1.29, 1.82) is 0 Å². The third-order valence-corrected chi connectivity index (χ3v) is 3.13. The molecule has 0 amide bonds. The van der Waals surface area contributed by atoms with Gasteiger partial charge in [0.2, 0.25) is 0 Å². The van der Waals surface area contributed by atoms with Gasteiger partial charge >= 0.3 is 0 Å². The Morgan fingerprint density at radius 3 is 2.58 bits per heavy atom. The highest BCUT2D eigenvalue weighted by Crippen LogP contribution is 2.21. The molecule has 0 aliphatic carbocycles. The molecule has 2 aromatic rings. The van der Waals surface area contributed by atoms with Gasteiger partial charge in [0, 0.05) is 6.04 Å². The number of ether oxygens (including phenoxy) is 1. The molecule has 0 aromatic heterocycles. The SMILES string of the molecule is CCC[C@H](N)c1cccc(OCc2ccccc2)c1. The average Bonchev–Trinajstić information content (AvgIpc) is 2.47. The van der Waals surface area contributed by atoms with Crippen LogP contribution in [0.1, 0.15) is 36.9 Å². The fourth-order valence-electron chi connectivity index (χ4n) is 2.05. The molecule has 0 unspecified atom stereocenters. The lowest BCUT2D eigenvalue weighted by molar-refractivity contribution is 0.305. The second-order valence-corrected chi connectivity index (χ2v) is 4.74. The van der Waals surface area contributed by atoms with Crippen LogP contribution in [-0.2, 0) is 6.61 Å². The Bertz CT molecular complexity index is 496. The van der Waals surface area contributed by atoms with Gasteiger partial charge in [0.05, 0.1) is 0 Å². The van der Waals surface area contributed by atoms with Gasteiger partial charge in [-0.1, -0.05) is 55.8 Å².